The molecule has 100 valence electrons. The highest BCUT2D eigenvalue weighted by molar-refractivity contribution is 5.74. The van der Waals surface area contributed by atoms with Crippen LogP contribution < -0.4 is 0 Å². The smallest absolute Gasteiger partial charge is 0.416 e. The third-order valence-corrected chi connectivity index (χ3v) is 2.64. The predicted molar refractivity (Wildman–Crippen MR) is 60.3 cm³/mol. The number of carbonyl (C=O) groups is 1. The Balaban J connectivity index is 3.07. The van der Waals surface area contributed by atoms with Crippen molar-refractivity contribution in [2.24, 2.45) is 0 Å². The summed E-state index contributed by atoms with van der Waals surface area (Å²) in [5, 5.41) is 8.98. The van der Waals surface area contributed by atoms with E-state index in [1.165, 1.54) is 37.2 Å². The molecule has 0 aliphatic rings. The molecule has 6 heteroatoms. The Morgan fingerprint density at radius 3 is 2.33 bits per heavy atom. The number of nitrogens with zero attached hydrogens (tertiary/aromatic N) is 1. The van der Waals surface area contributed by atoms with Crippen molar-refractivity contribution in [1.29, 1.82) is 0 Å². The van der Waals surface area contributed by atoms with E-state index in [1.807, 2.05) is 0 Å². The molecular formula is C12H14F3NO2. The van der Waals surface area contributed by atoms with Gasteiger partial charge < -0.3 is 5.11 Å². The fourth-order valence-electron chi connectivity index (χ4n) is 1.67. The third-order valence-electron chi connectivity index (χ3n) is 2.64. The Morgan fingerprint density at radius 2 is 1.89 bits per heavy atom. The Bertz CT molecular complexity index is 430. The van der Waals surface area contributed by atoms with E-state index in [2.05, 4.69) is 0 Å². The van der Waals surface area contributed by atoms with Gasteiger partial charge in [0.05, 0.1) is 5.56 Å². The van der Waals surface area contributed by atoms with E-state index in [1.54, 1.807) is 0 Å². The summed E-state index contributed by atoms with van der Waals surface area (Å²) in [6.07, 6.45) is -4.65. The topological polar surface area (TPSA) is 40.5 Å². The summed E-state index contributed by atoms with van der Waals surface area (Å²) in [5.74, 6) is -1.14. The normalized spacial score (nSPS) is 13.7. The van der Waals surface area contributed by atoms with Gasteiger partial charge in [-0.1, -0.05) is 18.2 Å². The van der Waals surface area contributed by atoms with Crippen LogP contribution in [0.4, 0.5) is 13.2 Å². The fourth-order valence-corrected chi connectivity index (χ4v) is 1.67. The maximum absolute atomic E-state index is 12.7. The first-order chi connectivity index (χ1) is 8.23. The van der Waals surface area contributed by atoms with Crippen LogP contribution in [0.15, 0.2) is 24.3 Å². The van der Waals surface area contributed by atoms with E-state index in [4.69, 9.17) is 5.11 Å². The summed E-state index contributed by atoms with van der Waals surface area (Å²) in [4.78, 5) is 12.4. The lowest BCUT2D eigenvalue weighted by molar-refractivity contribution is -0.143. The van der Waals surface area contributed by atoms with Crippen LogP contribution in [0.5, 0.6) is 0 Å². The van der Waals surface area contributed by atoms with Gasteiger partial charge in [-0.3, -0.25) is 9.69 Å². The highest BCUT2D eigenvalue weighted by atomic mass is 19.4. The second kappa shape index (κ2) is 5.39. The molecule has 18 heavy (non-hydrogen) atoms. The molecule has 1 aromatic carbocycles. The minimum atomic E-state index is -4.47. The maximum atomic E-state index is 12.7. The van der Waals surface area contributed by atoms with Crippen molar-refractivity contribution in [1.82, 2.24) is 4.90 Å². The van der Waals surface area contributed by atoms with E-state index in [0.717, 1.165) is 6.07 Å². The number of alkyl halides is 3. The minimum absolute atomic E-state index is 0.00824. The number of carboxylic acids is 1. The SMILES string of the molecule is CN(C)C(Cc1ccccc1C(F)(F)F)C(=O)O. The van der Waals surface area contributed by atoms with Crippen molar-refractivity contribution in [2.45, 2.75) is 18.6 Å². The molecule has 0 aromatic heterocycles. The van der Waals surface area contributed by atoms with E-state index >= 15 is 0 Å². The van der Waals surface area contributed by atoms with Crippen LogP contribution in [0.1, 0.15) is 11.1 Å². The Hall–Kier alpha value is -1.56. The molecule has 0 bridgehead atoms. The van der Waals surface area contributed by atoms with Gasteiger partial charge in [0.2, 0.25) is 0 Å². The van der Waals surface area contributed by atoms with Gasteiger partial charge in [0, 0.05) is 0 Å². The van der Waals surface area contributed by atoms with Gasteiger partial charge in [-0.25, -0.2) is 0 Å². The van der Waals surface area contributed by atoms with Crippen LogP contribution in [0.25, 0.3) is 0 Å². The van der Waals surface area contributed by atoms with Gasteiger partial charge in [-0.15, -0.1) is 0 Å². The first-order valence-electron chi connectivity index (χ1n) is 5.28. The molecular weight excluding hydrogens is 247 g/mol. The van der Waals surface area contributed by atoms with Crippen molar-refractivity contribution in [3.8, 4) is 0 Å². The van der Waals surface area contributed by atoms with Crippen LogP contribution in [0.2, 0.25) is 0 Å². The van der Waals surface area contributed by atoms with Crippen molar-refractivity contribution >= 4 is 5.97 Å². The molecule has 0 amide bonds. The summed E-state index contributed by atoms with van der Waals surface area (Å²) < 4.78 is 38.2. The molecule has 0 saturated carbocycles. The molecule has 1 N–H and O–H groups in total. The van der Waals surface area contributed by atoms with Gasteiger partial charge in [0.15, 0.2) is 0 Å². The van der Waals surface area contributed by atoms with Gasteiger partial charge in [-0.05, 0) is 32.1 Å². The largest absolute Gasteiger partial charge is 0.480 e. The van der Waals surface area contributed by atoms with Crippen molar-refractivity contribution in [3.63, 3.8) is 0 Å². The van der Waals surface area contributed by atoms with Crippen LogP contribution in [-0.4, -0.2) is 36.1 Å². The number of carboxylic acid groups (broad SMARTS) is 1. The second-order valence-corrected chi connectivity index (χ2v) is 4.18. The predicted octanol–water partition coefficient (Wildman–Crippen LogP) is 2.26. The molecule has 1 rings (SSSR count). The molecule has 0 fully saturated rings. The molecule has 0 saturated heterocycles. The first-order valence-corrected chi connectivity index (χ1v) is 5.28. The van der Waals surface area contributed by atoms with E-state index in [9.17, 15) is 18.0 Å². The van der Waals surface area contributed by atoms with Gasteiger partial charge in [0.1, 0.15) is 6.04 Å². The van der Waals surface area contributed by atoms with E-state index < -0.39 is 23.8 Å². The maximum Gasteiger partial charge on any atom is 0.416 e. The van der Waals surface area contributed by atoms with Gasteiger partial charge in [0.25, 0.3) is 0 Å². The highest BCUT2D eigenvalue weighted by Crippen LogP contribution is 2.32. The Morgan fingerprint density at radius 1 is 1.33 bits per heavy atom. The molecule has 1 aromatic rings. The lowest BCUT2D eigenvalue weighted by atomic mass is 9.99. The van der Waals surface area contributed by atoms with Crippen molar-refractivity contribution in [2.75, 3.05) is 14.1 Å². The number of benzene rings is 1. The lowest BCUT2D eigenvalue weighted by Crippen LogP contribution is -2.37. The zero-order valence-electron chi connectivity index (χ0n) is 10.0. The zero-order valence-corrected chi connectivity index (χ0v) is 10.0. The lowest BCUT2D eigenvalue weighted by Gasteiger charge is -2.21. The van der Waals surface area contributed by atoms with Crippen LogP contribution >= 0.6 is 0 Å². The molecule has 0 aliphatic heterocycles. The summed E-state index contributed by atoms with van der Waals surface area (Å²) >= 11 is 0. The van der Waals surface area contributed by atoms with E-state index in [0.29, 0.717) is 0 Å². The quantitative estimate of drug-likeness (QED) is 0.903. The highest BCUT2D eigenvalue weighted by Gasteiger charge is 2.34. The third kappa shape index (κ3) is 3.46. The number of hydrogen-bond acceptors (Lipinski definition) is 2. The minimum Gasteiger partial charge on any atom is -0.480 e. The van der Waals surface area contributed by atoms with Crippen LogP contribution in [-0.2, 0) is 17.4 Å². The van der Waals surface area contributed by atoms with Crippen LogP contribution in [0, 0.1) is 0 Å². The Labute approximate surface area is 103 Å². The number of likely N-dealkylation sites (N-methyl/N-ethyl adjacent to an activating group) is 1. The summed E-state index contributed by atoms with van der Waals surface area (Å²) in [6.45, 7) is 0. The molecule has 0 spiro atoms. The number of rotatable bonds is 4. The Kier molecular flexibility index (Phi) is 4.34. The molecule has 1 unspecified atom stereocenters. The van der Waals surface area contributed by atoms with Crippen LogP contribution in [0.3, 0.4) is 0 Å². The number of hydrogen-bond donors (Lipinski definition) is 1. The standard InChI is InChI=1S/C12H14F3NO2/c1-16(2)10(11(17)18)7-8-5-3-4-6-9(8)12(13,14)15/h3-6,10H,7H2,1-2H3,(H,17,18). The average Bonchev–Trinajstić information content (AvgIpc) is 2.24. The van der Waals surface area contributed by atoms with Crippen molar-refractivity contribution in [3.05, 3.63) is 35.4 Å². The van der Waals surface area contributed by atoms with Gasteiger partial charge in [-0.2, -0.15) is 13.2 Å². The number of aliphatic carboxylic acids is 1. The molecule has 0 heterocycles. The summed E-state index contributed by atoms with van der Waals surface area (Å²) in [6, 6.07) is 4.05. The molecule has 0 aliphatic carbocycles. The van der Waals surface area contributed by atoms with E-state index in [-0.39, 0.29) is 12.0 Å². The second-order valence-electron chi connectivity index (χ2n) is 4.18. The average molecular weight is 261 g/mol. The number of halogens is 3. The molecule has 1 atom stereocenters. The first kappa shape index (κ1) is 14.5. The summed E-state index contributed by atoms with van der Waals surface area (Å²) in [5.41, 5.74) is -0.788. The monoisotopic (exact) mass is 261 g/mol. The summed E-state index contributed by atoms with van der Waals surface area (Å²) in [7, 11) is 3.05. The van der Waals surface area contributed by atoms with Gasteiger partial charge >= 0.3 is 12.1 Å². The molecule has 3 nitrogen and oxygen atoms in total. The molecule has 0 radical (unpaired) electrons. The zero-order chi connectivity index (χ0) is 13.9. The fraction of sp³-hybridized carbons (Fsp3) is 0.417. The van der Waals surface area contributed by atoms with Crippen molar-refractivity contribution < 1.29 is 23.1 Å².